The Morgan fingerprint density at radius 3 is 2.24 bits per heavy atom. The van der Waals surface area contributed by atoms with Gasteiger partial charge in [0.25, 0.3) is 17.5 Å². The number of carbonyl (C=O) groups is 3. The van der Waals surface area contributed by atoms with E-state index < -0.39 is 51.1 Å². The number of aliphatic hydroxyl groups is 1. The van der Waals surface area contributed by atoms with Gasteiger partial charge in [0.1, 0.15) is 15.4 Å². The maximum atomic E-state index is 11.8. The first-order chi connectivity index (χ1) is 17.5. The largest absolute Gasteiger partial charge is 1.00 e. The first kappa shape index (κ1) is 34.1. The number of ether oxygens (including phenoxy) is 1. The number of hydrogen-bond donors (Lipinski definition) is 1. The molecule has 2 amide bonds. The minimum absolute atomic E-state index is 0. The molecule has 1 aromatic rings. The van der Waals surface area contributed by atoms with Crippen LogP contribution in [0.4, 0.5) is 5.69 Å². The molecule has 0 radical (unpaired) electrons. The Labute approximate surface area is 243 Å². The van der Waals surface area contributed by atoms with Gasteiger partial charge in [0.05, 0.1) is 30.1 Å². The Hall–Kier alpha value is -1.94. The maximum Gasteiger partial charge on any atom is 1.00 e. The topological polar surface area (TPSA) is 193 Å². The summed E-state index contributed by atoms with van der Waals surface area (Å²) in [6.45, 7) is 0.454. The van der Waals surface area contributed by atoms with E-state index >= 15 is 0 Å². The first-order valence-electron chi connectivity index (χ1n) is 12.0. The second kappa shape index (κ2) is 16.9. The smallest absolute Gasteiger partial charge is 0.747 e. The molecule has 38 heavy (non-hydrogen) atoms. The van der Waals surface area contributed by atoms with Crippen molar-refractivity contribution in [2.24, 2.45) is 0 Å². The van der Waals surface area contributed by atoms with Crippen LogP contribution in [0.3, 0.4) is 0 Å². The van der Waals surface area contributed by atoms with E-state index in [9.17, 15) is 42.6 Å². The van der Waals surface area contributed by atoms with Gasteiger partial charge in [0, 0.05) is 19.1 Å². The van der Waals surface area contributed by atoms with Crippen LogP contribution in [-0.2, 0) is 47.3 Å². The van der Waals surface area contributed by atoms with Crippen LogP contribution in [0.5, 0.6) is 0 Å². The van der Waals surface area contributed by atoms with Crippen molar-refractivity contribution < 1.29 is 76.5 Å². The summed E-state index contributed by atoms with van der Waals surface area (Å²) in [5, 5.41) is 18.2. The van der Waals surface area contributed by atoms with Crippen molar-refractivity contribution in [1.82, 2.24) is 5.06 Å². The number of amides is 2. The molecule has 15 heteroatoms. The fourth-order valence-corrected chi connectivity index (χ4v) is 4.50. The van der Waals surface area contributed by atoms with E-state index in [1.807, 2.05) is 0 Å². The summed E-state index contributed by atoms with van der Waals surface area (Å²) in [6.07, 6.45) is 6.07. The van der Waals surface area contributed by atoms with E-state index in [0.717, 1.165) is 50.5 Å². The molecular formula is C23H31N2NaO11S. The predicted octanol–water partition coefficient (Wildman–Crippen LogP) is -0.750. The third-order valence-electron chi connectivity index (χ3n) is 5.80. The zero-order valence-electron chi connectivity index (χ0n) is 21.3. The zero-order valence-corrected chi connectivity index (χ0v) is 24.2. The molecule has 1 aromatic carbocycles. The number of nitro groups is 1. The molecule has 0 saturated carbocycles. The number of unbranched alkanes of at least 4 members (excludes halogenated alkanes) is 7. The minimum Gasteiger partial charge on any atom is -0.747 e. The van der Waals surface area contributed by atoms with Gasteiger partial charge in [0.2, 0.25) is 0 Å². The quantitative estimate of drug-likeness (QED) is 0.0622. The Morgan fingerprint density at radius 1 is 1.08 bits per heavy atom. The number of imide groups is 1. The van der Waals surface area contributed by atoms with Gasteiger partial charge < -0.3 is 19.2 Å². The summed E-state index contributed by atoms with van der Waals surface area (Å²) in [4.78, 5) is 50.3. The molecule has 1 aliphatic rings. The molecule has 0 spiro atoms. The zero-order chi connectivity index (χ0) is 27.4. The fourth-order valence-electron chi connectivity index (χ4n) is 3.81. The molecule has 1 aliphatic heterocycles. The van der Waals surface area contributed by atoms with Crippen LogP contribution in [0.1, 0.15) is 75.3 Å². The number of hydrogen-bond acceptors (Lipinski definition) is 11. The van der Waals surface area contributed by atoms with Crippen LogP contribution in [-0.4, -0.2) is 57.7 Å². The average molecular weight is 567 g/mol. The van der Waals surface area contributed by atoms with Crippen molar-refractivity contribution in [3.63, 3.8) is 0 Å². The molecule has 206 valence electrons. The maximum absolute atomic E-state index is 11.8. The number of aliphatic hydroxyl groups excluding tert-OH is 1. The molecule has 1 saturated heterocycles. The van der Waals surface area contributed by atoms with Crippen molar-refractivity contribution >= 4 is 33.6 Å². The van der Waals surface area contributed by atoms with Gasteiger partial charge in [-0.1, -0.05) is 38.5 Å². The number of carbonyl (C=O) groups excluding carboxylic acids is 3. The first-order valence-corrected chi connectivity index (χ1v) is 13.5. The van der Waals surface area contributed by atoms with Gasteiger partial charge in [-0.2, -0.15) is 0 Å². The van der Waals surface area contributed by atoms with Crippen molar-refractivity contribution in [3.8, 4) is 0 Å². The molecular weight excluding hydrogens is 535 g/mol. The minimum atomic E-state index is -5.00. The van der Waals surface area contributed by atoms with Crippen molar-refractivity contribution in [1.29, 1.82) is 0 Å². The van der Waals surface area contributed by atoms with E-state index in [1.54, 1.807) is 12.1 Å². The molecule has 1 fully saturated rings. The fraction of sp³-hybridized carbons (Fsp3) is 0.609. The monoisotopic (exact) mass is 566 g/mol. The molecule has 13 nitrogen and oxygen atoms in total. The third-order valence-corrected chi connectivity index (χ3v) is 6.87. The van der Waals surface area contributed by atoms with Gasteiger partial charge in [-0.3, -0.25) is 19.7 Å². The van der Waals surface area contributed by atoms with E-state index in [1.165, 1.54) is 6.07 Å². The second-order valence-electron chi connectivity index (χ2n) is 8.68. The molecule has 1 atom stereocenters. The summed E-state index contributed by atoms with van der Waals surface area (Å²) in [5.74, 6) is -3.21. The Balaban J connectivity index is 0.00000722. The van der Waals surface area contributed by atoms with Crippen LogP contribution >= 0.6 is 0 Å². The summed E-state index contributed by atoms with van der Waals surface area (Å²) >= 11 is 0. The van der Waals surface area contributed by atoms with Crippen LogP contribution in [0.25, 0.3) is 0 Å². The number of rotatable bonds is 17. The van der Waals surface area contributed by atoms with Crippen LogP contribution in [0.2, 0.25) is 0 Å². The van der Waals surface area contributed by atoms with E-state index in [4.69, 9.17) is 4.74 Å². The van der Waals surface area contributed by atoms with E-state index in [0.29, 0.717) is 19.6 Å². The van der Waals surface area contributed by atoms with Crippen LogP contribution < -0.4 is 29.6 Å². The number of nitro benzene ring substituents is 1. The van der Waals surface area contributed by atoms with Gasteiger partial charge >= 0.3 is 35.5 Å². The standard InChI is InChI=1S/C23H32N2O11S.Na/c26-15-18-13-17(10-11-19(18)25(30)31)16-35-12-8-6-4-2-1-3-5-7-9-22(28)36-24-21(27)14-20(23(24)29)37(32,33)34;/h10-11,13,20,26H,1-9,12,14-16H2,(H,32,33,34);/q;+1/p-1. The number of hydroxylamine groups is 2. The van der Waals surface area contributed by atoms with Gasteiger partial charge in [0.15, 0.2) is 0 Å². The van der Waals surface area contributed by atoms with E-state index in [-0.39, 0.29) is 52.3 Å². The molecule has 2 rings (SSSR count). The van der Waals surface area contributed by atoms with Crippen molar-refractivity contribution in [2.45, 2.75) is 82.7 Å². The molecule has 0 aromatic heterocycles. The van der Waals surface area contributed by atoms with Gasteiger partial charge in [-0.05, 0) is 30.5 Å². The van der Waals surface area contributed by atoms with Gasteiger partial charge in [-0.15, -0.1) is 5.06 Å². The Morgan fingerprint density at radius 2 is 1.68 bits per heavy atom. The molecule has 1 heterocycles. The molecule has 1 N–H and O–H groups in total. The normalized spacial score (nSPS) is 15.4. The van der Waals surface area contributed by atoms with Crippen molar-refractivity contribution in [2.75, 3.05) is 6.61 Å². The summed E-state index contributed by atoms with van der Waals surface area (Å²) in [7, 11) is -5.00. The van der Waals surface area contributed by atoms with Crippen molar-refractivity contribution in [3.05, 3.63) is 39.4 Å². The SMILES string of the molecule is O=C(CCCCCCCCCCOCc1ccc([N+](=O)[O-])c(CO)c1)ON1C(=O)CC(S(=O)(=O)[O-])C1=O.[Na+]. The molecule has 1 unspecified atom stereocenters. The van der Waals surface area contributed by atoms with Crippen LogP contribution in [0.15, 0.2) is 18.2 Å². The number of benzene rings is 1. The third kappa shape index (κ3) is 11.0. The summed E-state index contributed by atoms with van der Waals surface area (Å²) < 4.78 is 38.5. The number of nitrogens with zero attached hydrogens (tertiary/aromatic N) is 2. The van der Waals surface area contributed by atoms with Crippen LogP contribution in [0, 0.1) is 10.1 Å². The predicted molar refractivity (Wildman–Crippen MR) is 126 cm³/mol. The molecule has 0 bridgehead atoms. The van der Waals surface area contributed by atoms with E-state index in [2.05, 4.69) is 4.84 Å². The Bertz CT molecular complexity index is 1080. The van der Waals surface area contributed by atoms with Gasteiger partial charge in [-0.25, -0.2) is 13.2 Å². The average Bonchev–Trinajstić information content (AvgIpc) is 3.13. The summed E-state index contributed by atoms with van der Waals surface area (Å²) in [5.41, 5.74) is 0.902. The second-order valence-corrected chi connectivity index (χ2v) is 10.2. The summed E-state index contributed by atoms with van der Waals surface area (Å²) in [6, 6.07) is 4.54. The molecule has 0 aliphatic carbocycles. The Kier molecular flexibility index (Phi) is 15.2.